The molecule has 0 radical (unpaired) electrons. The van der Waals surface area contributed by atoms with E-state index in [1.165, 1.54) is 0 Å². The average molecular weight is 284 g/mol. The number of imide groups is 1. The molecule has 0 aliphatic carbocycles. The highest BCUT2D eigenvalue weighted by molar-refractivity contribution is 7.07. The minimum Gasteiger partial charge on any atom is -0.481 e. The molecule has 1 heterocycles. The quantitative estimate of drug-likeness (QED) is 0.704. The van der Waals surface area contributed by atoms with Crippen LogP contribution in [-0.2, 0) is 16.0 Å². The van der Waals surface area contributed by atoms with Crippen LogP contribution in [0.15, 0.2) is 16.8 Å². The molecule has 6 nitrogen and oxygen atoms in total. The SMILES string of the molecule is O=C(O)CCCC(=O)NC(=O)NCCc1ccsc1. The highest BCUT2D eigenvalue weighted by atomic mass is 32.1. The lowest BCUT2D eigenvalue weighted by Gasteiger charge is -2.05. The van der Waals surface area contributed by atoms with Crippen molar-refractivity contribution in [1.29, 1.82) is 0 Å². The number of carbonyl (C=O) groups is 3. The van der Waals surface area contributed by atoms with Gasteiger partial charge in [-0.15, -0.1) is 0 Å². The van der Waals surface area contributed by atoms with Crippen molar-refractivity contribution in [2.45, 2.75) is 25.7 Å². The van der Waals surface area contributed by atoms with Gasteiger partial charge in [0.25, 0.3) is 0 Å². The number of carboxylic acids is 1. The topological polar surface area (TPSA) is 95.5 Å². The molecule has 0 aliphatic heterocycles. The third-order valence-corrected chi connectivity index (χ3v) is 3.06. The molecule has 0 aliphatic rings. The monoisotopic (exact) mass is 284 g/mol. The highest BCUT2D eigenvalue weighted by Gasteiger charge is 2.08. The molecule has 0 spiro atoms. The minimum absolute atomic E-state index is 0.0320. The fourth-order valence-electron chi connectivity index (χ4n) is 1.39. The summed E-state index contributed by atoms with van der Waals surface area (Å²) < 4.78 is 0. The van der Waals surface area contributed by atoms with Crippen molar-refractivity contribution in [3.63, 3.8) is 0 Å². The summed E-state index contributed by atoms with van der Waals surface area (Å²) in [5, 5.41) is 17.1. The van der Waals surface area contributed by atoms with Gasteiger partial charge in [0.05, 0.1) is 0 Å². The van der Waals surface area contributed by atoms with Crippen LogP contribution in [0.2, 0.25) is 0 Å². The van der Waals surface area contributed by atoms with E-state index in [1.54, 1.807) is 11.3 Å². The molecular formula is C12H16N2O4S. The Morgan fingerprint density at radius 1 is 1.26 bits per heavy atom. The van der Waals surface area contributed by atoms with Crippen LogP contribution in [0.4, 0.5) is 4.79 Å². The van der Waals surface area contributed by atoms with E-state index in [2.05, 4.69) is 10.6 Å². The second kappa shape index (κ2) is 8.25. The minimum atomic E-state index is -0.951. The molecule has 0 fully saturated rings. The van der Waals surface area contributed by atoms with Gasteiger partial charge in [0, 0.05) is 19.4 Å². The smallest absolute Gasteiger partial charge is 0.321 e. The molecule has 3 amide bonds. The van der Waals surface area contributed by atoms with Crippen molar-refractivity contribution >= 4 is 29.2 Å². The van der Waals surface area contributed by atoms with Crippen LogP contribution in [0.5, 0.6) is 0 Å². The van der Waals surface area contributed by atoms with Crippen molar-refractivity contribution in [1.82, 2.24) is 10.6 Å². The highest BCUT2D eigenvalue weighted by Crippen LogP contribution is 2.05. The Balaban J connectivity index is 2.09. The second-order valence-electron chi connectivity index (χ2n) is 3.93. The molecule has 3 N–H and O–H groups in total. The molecule has 7 heteroatoms. The maximum absolute atomic E-state index is 11.3. The maximum atomic E-state index is 11.3. The lowest BCUT2D eigenvalue weighted by Crippen LogP contribution is -2.40. The van der Waals surface area contributed by atoms with Crippen LogP contribution in [0.3, 0.4) is 0 Å². The number of hydrogen-bond donors (Lipinski definition) is 3. The number of carbonyl (C=O) groups excluding carboxylic acids is 2. The van der Waals surface area contributed by atoms with E-state index in [-0.39, 0.29) is 19.3 Å². The first-order valence-corrected chi connectivity index (χ1v) is 6.83. The predicted molar refractivity (Wildman–Crippen MR) is 71.1 cm³/mol. The van der Waals surface area contributed by atoms with Crippen molar-refractivity contribution in [3.8, 4) is 0 Å². The standard InChI is InChI=1S/C12H16N2O4S/c15-10(2-1-3-11(16)17)14-12(18)13-6-4-9-5-7-19-8-9/h5,7-8H,1-4,6H2,(H,16,17)(H2,13,14,15,18). The summed E-state index contributed by atoms with van der Waals surface area (Å²) in [5.41, 5.74) is 1.14. The van der Waals surface area contributed by atoms with Gasteiger partial charge >= 0.3 is 12.0 Å². The van der Waals surface area contributed by atoms with E-state index in [1.807, 2.05) is 16.8 Å². The Labute approximate surface area is 114 Å². The molecule has 0 atom stereocenters. The van der Waals surface area contributed by atoms with Crippen molar-refractivity contribution in [2.24, 2.45) is 0 Å². The van der Waals surface area contributed by atoms with E-state index in [0.717, 1.165) is 5.56 Å². The van der Waals surface area contributed by atoms with Gasteiger partial charge in [0.1, 0.15) is 0 Å². The average Bonchev–Trinajstić information content (AvgIpc) is 2.81. The number of amides is 3. The number of hydrogen-bond acceptors (Lipinski definition) is 4. The Morgan fingerprint density at radius 3 is 2.68 bits per heavy atom. The molecule has 0 saturated heterocycles. The Kier molecular flexibility index (Phi) is 6.59. The van der Waals surface area contributed by atoms with Crippen molar-refractivity contribution < 1.29 is 19.5 Å². The molecule has 0 saturated carbocycles. The molecule has 19 heavy (non-hydrogen) atoms. The van der Waals surface area contributed by atoms with Crippen LogP contribution < -0.4 is 10.6 Å². The summed E-state index contributed by atoms with van der Waals surface area (Å²) in [4.78, 5) is 32.8. The van der Waals surface area contributed by atoms with Crippen LogP contribution in [-0.4, -0.2) is 29.6 Å². The summed E-state index contributed by atoms with van der Waals surface area (Å²) in [6, 6.07) is 1.43. The molecule has 104 valence electrons. The van der Waals surface area contributed by atoms with Gasteiger partial charge in [-0.3, -0.25) is 14.9 Å². The predicted octanol–water partition coefficient (Wildman–Crippen LogP) is 1.37. The van der Waals surface area contributed by atoms with Crippen LogP contribution in [0, 0.1) is 0 Å². The van der Waals surface area contributed by atoms with Crippen LogP contribution in [0.25, 0.3) is 0 Å². The zero-order valence-electron chi connectivity index (χ0n) is 10.3. The molecule has 1 aromatic rings. The third-order valence-electron chi connectivity index (χ3n) is 2.33. The largest absolute Gasteiger partial charge is 0.481 e. The van der Waals surface area contributed by atoms with E-state index in [4.69, 9.17) is 5.11 Å². The lowest BCUT2D eigenvalue weighted by atomic mass is 10.2. The van der Waals surface area contributed by atoms with Gasteiger partial charge in [0.15, 0.2) is 0 Å². The number of carboxylic acid groups (broad SMARTS) is 1. The van der Waals surface area contributed by atoms with Gasteiger partial charge in [-0.2, -0.15) is 11.3 Å². The van der Waals surface area contributed by atoms with Gasteiger partial charge in [-0.25, -0.2) is 4.79 Å². The van der Waals surface area contributed by atoms with Crippen molar-refractivity contribution in [2.75, 3.05) is 6.54 Å². The first-order valence-electron chi connectivity index (χ1n) is 5.88. The van der Waals surface area contributed by atoms with E-state index in [9.17, 15) is 14.4 Å². The first kappa shape index (κ1) is 15.2. The van der Waals surface area contributed by atoms with E-state index in [0.29, 0.717) is 13.0 Å². The third kappa shape index (κ3) is 7.20. The number of nitrogens with one attached hydrogen (secondary N) is 2. The maximum Gasteiger partial charge on any atom is 0.321 e. The zero-order chi connectivity index (χ0) is 14.1. The van der Waals surface area contributed by atoms with Gasteiger partial charge < -0.3 is 10.4 Å². The molecule has 1 aromatic heterocycles. The summed E-state index contributed by atoms with van der Waals surface area (Å²) in [6.07, 6.45) is 0.894. The van der Waals surface area contributed by atoms with Crippen LogP contribution in [0.1, 0.15) is 24.8 Å². The fraction of sp³-hybridized carbons (Fsp3) is 0.417. The molecular weight excluding hydrogens is 268 g/mol. The van der Waals surface area contributed by atoms with Gasteiger partial charge in [0.2, 0.25) is 5.91 Å². The number of aliphatic carboxylic acids is 1. The fourth-order valence-corrected chi connectivity index (χ4v) is 2.09. The zero-order valence-corrected chi connectivity index (χ0v) is 11.2. The molecule has 0 unspecified atom stereocenters. The second-order valence-corrected chi connectivity index (χ2v) is 4.71. The number of thiophene rings is 1. The lowest BCUT2D eigenvalue weighted by molar-refractivity contribution is -0.137. The Morgan fingerprint density at radius 2 is 2.05 bits per heavy atom. The van der Waals surface area contributed by atoms with E-state index < -0.39 is 17.9 Å². The van der Waals surface area contributed by atoms with Crippen LogP contribution >= 0.6 is 11.3 Å². The number of rotatable bonds is 7. The summed E-state index contributed by atoms with van der Waals surface area (Å²) >= 11 is 1.59. The normalized spacial score (nSPS) is 9.89. The van der Waals surface area contributed by atoms with Crippen molar-refractivity contribution in [3.05, 3.63) is 22.4 Å². The summed E-state index contributed by atoms with van der Waals surface area (Å²) in [6.45, 7) is 0.449. The molecule has 0 aromatic carbocycles. The summed E-state index contributed by atoms with van der Waals surface area (Å²) in [7, 11) is 0. The van der Waals surface area contributed by atoms with Gasteiger partial charge in [-0.05, 0) is 35.2 Å². The number of urea groups is 1. The first-order chi connectivity index (χ1) is 9.08. The van der Waals surface area contributed by atoms with Gasteiger partial charge in [-0.1, -0.05) is 0 Å². The molecule has 0 bridgehead atoms. The van der Waals surface area contributed by atoms with E-state index >= 15 is 0 Å². The Hall–Kier alpha value is -1.89. The molecule has 1 rings (SSSR count). The Bertz CT molecular complexity index is 431. The summed E-state index contributed by atoms with van der Waals surface area (Å²) in [5.74, 6) is -1.41.